The van der Waals surface area contributed by atoms with Crippen LogP contribution < -0.4 is 27.0 Å². The minimum Gasteiger partial charge on any atom is -0.444 e. The zero-order valence-corrected chi connectivity index (χ0v) is 52.1. The lowest BCUT2D eigenvalue weighted by Crippen LogP contribution is -2.44. The number of likely N-dealkylation sites (tertiary alicyclic amines) is 2. The Morgan fingerprint density at radius 1 is 0.562 bits per heavy atom. The molecule has 8 N–H and O–H groups in total. The zero-order valence-electron chi connectivity index (χ0n) is 51.4. The van der Waals surface area contributed by atoms with Crippen molar-refractivity contribution in [2.24, 2.45) is 16.8 Å². The summed E-state index contributed by atoms with van der Waals surface area (Å²) >= 11 is 5.67. The molecule has 89 heavy (non-hydrogen) atoms. The Labute approximate surface area is 522 Å². The lowest BCUT2D eigenvalue weighted by molar-refractivity contribution is -0.112. The van der Waals surface area contributed by atoms with Crippen molar-refractivity contribution in [1.82, 2.24) is 74.6 Å². The van der Waals surface area contributed by atoms with Crippen LogP contribution in [0.4, 0.5) is 38.7 Å². The van der Waals surface area contributed by atoms with Gasteiger partial charge in [0.25, 0.3) is 0 Å². The van der Waals surface area contributed by atoms with Crippen LogP contribution in [0.25, 0.3) is 33.1 Å². The van der Waals surface area contributed by atoms with Gasteiger partial charge in [-0.2, -0.15) is 0 Å². The van der Waals surface area contributed by atoms with Crippen molar-refractivity contribution < 1.29 is 23.9 Å². The molecule has 4 saturated heterocycles. The van der Waals surface area contributed by atoms with Crippen LogP contribution in [-0.2, 0) is 14.3 Å². The fourth-order valence-electron chi connectivity index (χ4n) is 11.0. The summed E-state index contributed by atoms with van der Waals surface area (Å²) in [5.74, 6) is 6.33. The van der Waals surface area contributed by atoms with Crippen molar-refractivity contribution in [3.8, 4) is 0 Å². The summed E-state index contributed by atoms with van der Waals surface area (Å²) in [7, 11) is 0. The molecular formula is C62H80ClN21O5. The first-order valence-corrected chi connectivity index (χ1v) is 30.5. The summed E-state index contributed by atoms with van der Waals surface area (Å²) < 4.78 is 10.7. The highest BCUT2D eigenvalue weighted by molar-refractivity contribution is 6.29. The number of nitrogens with one attached hydrogen (secondary N) is 2. The summed E-state index contributed by atoms with van der Waals surface area (Å²) in [5.41, 5.74) is 21.8. The number of pyridine rings is 3. The molecule has 0 aromatic carbocycles. The number of rotatable bonds is 6. The lowest BCUT2D eigenvalue weighted by Gasteiger charge is -2.34. The molecule has 0 spiro atoms. The molecule has 0 bridgehead atoms. The number of carbonyl (C=O) groups excluding carboxylic acids is 3. The number of aldehydes is 1. The smallest absolute Gasteiger partial charge is 0.410 e. The van der Waals surface area contributed by atoms with E-state index in [9.17, 15) is 14.4 Å². The van der Waals surface area contributed by atoms with Crippen LogP contribution in [0.2, 0.25) is 5.15 Å². The molecule has 13 heterocycles. The number of imidazole rings is 2. The Hall–Kier alpha value is -9.20. The second-order valence-electron chi connectivity index (χ2n) is 24.3. The monoisotopic (exact) mass is 1230 g/mol. The van der Waals surface area contributed by atoms with Crippen LogP contribution in [0.1, 0.15) is 123 Å². The number of nitrogens with zero attached hydrogens (tertiary/aromatic N) is 16. The van der Waals surface area contributed by atoms with Gasteiger partial charge in [0.15, 0.2) is 17.5 Å². The van der Waals surface area contributed by atoms with Gasteiger partial charge < -0.3 is 61.0 Å². The standard InChI is InChI=1S/2C15H17N7.C14H22N2O2.C11H19NO3.C7H5ClN4/c2*16-14-13-11(19-9-20-14)3-4-12(21-13)22-7-1-2-10(8-22)15-17-5-6-18-15;1-14(2,3)18-13(17)16-9-5-6-11(10-16)12-7-4-8-15-12;1-11(2,3)15-10(14)12-6-4-5-9(7-12)8-13;8-5-2-1-4-6(12-5)7(9)11-3-10-4/h2*3-6,9-10H,1-2,7-8H2,(H,17,18)(H2,16,19,20);4,8,11H,5-7,9-10H2,1-3H3;8-9H,4-7H2,1-3H3;1-3H,(H2,9,10,11). The SMILES string of the molecule is CC(C)(C)OC(=O)N1CCCC(C2=NC=CC2)C1.CC(C)(C)OC(=O)N1CCCC(C=O)C1.Nc1ncnc2ccc(Cl)nc12.Nc1ncnc2ccc(N3CCCC(c4ncc[nH]4)C3)nc12.Nc1ncnc2ccc(N3CCCC(c4ncc[nH]4)C3)nc12. The molecule has 5 aliphatic rings. The number of aromatic amines is 2. The van der Waals surface area contributed by atoms with Gasteiger partial charge in [0.05, 0.1) is 16.6 Å². The number of carbonyl (C=O) groups is 3. The Morgan fingerprint density at radius 3 is 1.46 bits per heavy atom. The number of aliphatic imine (C=N–C) groups is 1. The first-order chi connectivity index (χ1) is 42.8. The number of allylic oxidation sites excluding steroid dienone is 1. The van der Waals surface area contributed by atoms with Crippen LogP contribution in [0.3, 0.4) is 0 Å². The van der Waals surface area contributed by atoms with Crippen LogP contribution in [0, 0.1) is 11.8 Å². The van der Waals surface area contributed by atoms with E-state index >= 15 is 0 Å². The number of halogens is 1. The second-order valence-corrected chi connectivity index (χ2v) is 24.7. The van der Waals surface area contributed by atoms with Crippen molar-refractivity contribution in [2.75, 3.05) is 79.4 Å². The summed E-state index contributed by atoms with van der Waals surface area (Å²) in [5, 5.41) is 0.393. The van der Waals surface area contributed by atoms with Gasteiger partial charge in [0, 0.05) is 119 Å². The van der Waals surface area contributed by atoms with Crippen molar-refractivity contribution in [2.45, 2.75) is 122 Å². The van der Waals surface area contributed by atoms with Gasteiger partial charge in [-0.1, -0.05) is 17.7 Å². The number of H-pyrrole nitrogens is 2. The molecule has 2 amide bonds. The van der Waals surface area contributed by atoms with Crippen LogP contribution >= 0.6 is 11.6 Å². The number of amides is 2. The molecular weight excluding hydrogens is 1150 g/mol. The van der Waals surface area contributed by atoms with Crippen LogP contribution in [0.5, 0.6) is 0 Å². The lowest BCUT2D eigenvalue weighted by atomic mass is 9.92. The van der Waals surface area contributed by atoms with Crippen molar-refractivity contribution in [1.29, 1.82) is 0 Å². The molecule has 8 aromatic heterocycles. The fourth-order valence-corrected chi connectivity index (χ4v) is 11.2. The molecule has 0 saturated carbocycles. The van der Waals surface area contributed by atoms with Gasteiger partial charge in [0.1, 0.15) is 81.5 Å². The number of anilines is 5. The van der Waals surface area contributed by atoms with E-state index in [1.54, 1.807) is 29.4 Å². The van der Waals surface area contributed by atoms with Gasteiger partial charge >= 0.3 is 12.2 Å². The van der Waals surface area contributed by atoms with E-state index in [4.69, 9.17) is 38.3 Å². The minimum atomic E-state index is -0.467. The average molecular weight is 1230 g/mol. The van der Waals surface area contributed by atoms with E-state index in [1.165, 1.54) is 24.7 Å². The number of nitrogen functional groups attached to an aromatic ring is 3. The van der Waals surface area contributed by atoms with E-state index in [1.807, 2.05) is 89.3 Å². The third kappa shape index (κ3) is 18.0. The van der Waals surface area contributed by atoms with E-state index in [-0.39, 0.29) is 18.1 Å². The highest BCUT2D eigenvalue weighted by Gasteiger charge is 2.31. The number of nitrogens with two attached hydrogens (primary N) is 3. The Balaban J connectivity index is 0.000000134. The Kier molecular flexibility index (Phi) is 21.4. The summed E-state index contributed by atoms with van der Waals surface area (Å²) in [6, 6.07) is 11.3. The summed E-state index contributed by atoms with van der Waals surface area (Å²) in [4.78, 5) is 99.4. The average Bonchev–Trinajstić information content (AvgIpc) is 2.69. The summed E-state index contributed by atoms with van der Waals surface area (Å²) in [6.07, 6.45) is 25.4. The predicted molar refractivity (Wildman–Crippen MR) is 344 cm³/mol. The number of fused-ring (bicyclic) bond motifs is 3. The highest BCUT2D eigenvalue weighted by Crippen LogP contribution is 2.31. The molecule has 470 valence electrons. The molecule has 4 fully saturated rings. The minimum absolute atomic E-state index is 0.0220. The fraction of sp³-hybridized carbons (Fsp3) is 0.468. The molecule has 8 aromatic rings. The van der Waals surface area contributed by atoms with Crippen molar-refractivity contribution in [3.63, 3.8) is 0 Å². The number of hydrogen-bond donors (Lipinski definition) is 5. The quantitative estimate of drug-likeness (QED) is 0.0763. The first-order valence-electron chi connectivity index (χ1n) is 30.2. The van der Waals surface area contributed by atoms with Gasteiger partial charge in [0.2, 0.25) is 0 Å². The normalized spacial score (nSPS) is 19.3. The van der Waals surface area contributed by atoms with E-state index < -0.39 is 11.2 Å². The highest BCUT2D eigenvalue weighted by atomic mass is 35.5. The van der Waals surface area contributed by atoms with Gasteiger partial charge in [-0.25, -0.2) is 64.4 Å². The molecule has 0 aliphatic carbocycles. The molecule has 4 unspecified atom stereocenters. The number of piperidine rings is 4. The maximum absolute atomic E-state index is 12.0. The first kappa shape index (κ1) is 64.3. The van der Waals surface area contributed by atoms with Gasteiger partial charge in [-0.3, -0.25) is 4.99 Å². The number of ether oxygens (including phenoxy) is 2. The molecule has 27 heteroatoms. The third-order valence-corrected chi connectivity index (χ3v) is 15.5. The number of hydrogen-bond acceptors (Lipinski definition) is 22. The number of aromatic nitrogens is 13. The van der Waals surface area contributed by atoms with Crippen molar-refractivity contribution >= 4 is 98.0 Å². The predicted octanol–water partition coefficient (Wildman–Crippen LogP) is 9.51. The van der Waals surface area contributed by atoms with E-state index in [0.29, 0.717) is 75.5 Å². The summed E-state index contributed by atoms with van der Waals surface area (Å²) in [6.45, 7) is 17.7. The van der Waals surface area contributed by atoms with Gasteiger partial charge in [-0.15, -0.1) is 0 Å². The zero-order chi connectivity index (χ0) is 63.1. The molecule has 5 aliphatic heterocycles. The maximum Gasteiger partial charge on any atom is 0.410 e. The molecule has 26 nitrogen and oxygen atoms in total. The van der Waals surface area contributed by atoms with Crippen LogP contribution in [-0.4, -0.2) is 162 Å². The Bertz CT molecular complexity index is 3570. The van der Waals surface area contributed by atoms with E-state index in [2.05, 4.69) is 85.7 Å². The van der Waals surface area contributed by atoms with E-state index in [0.717, 1.165) is 138 Å². The van der Waals surface area contributed by atoms with Crippen molar-refractivity contribution in [3.05, 3.63) is 109 Å². The molecule has 4 atom stereocenters. The van der Waals surface area contributed by atoms with Crippen LogP contribution in [0.15, 0.2) is 97.4 Å². The molecule has 13 rings (SSSR count). The maximum atomic E-state index is 12.0. The second kappa shape index (κ2) is 29.7. The third-order valence-electron chi connectivity index (χ3n) is 15.3. The van der Waals surface area contributed by atoms with Gasteiger partial charge in [-0.05, 0) is 129 Å². The Morgan fingerprint density at radius 2 is 1.01 bits per heavy atom. The molecule has 0 radical (unpaired) electrons. The topological polar surface area (TPSA) is 346 Å². The largest absolute Gasteiger partial charge is 0.444 e.